The fraction of sp³-hybridized carbons (Fsp3) is 0.235. The number of halogens is 1. The predicted octanol–water partition coefficient (Wildman–Crippen LogP) is 2.27. The third kappa shape index (κ3) is 5.02. The standard InChI is InChI=1S/C17H19IN6O2S/c1-12-11-13(2)24(23-12)17-8-7-16(21-22-17)19-9-10-20-27(25,26)15-5-3-14(18)4-6-15/h3-8,11,20H,9-10H2,1-2H3,(H,19,21). The molecule has 0 amide bonds. The Morgan fingerprint density at radius 1 is 1.04 bits per heavy atom. The van der Waals surface area contributed by atoms with Crippen LogP contribution in [0.25, 0.3) is 5.82 Å². The van der Waals surface area contributed by atoms with Gasteiger partial charge in [-0.05, 0) is 78.9 Å². The van der Waals surface area contributed by atoms with E-state index in [9.17, 15) is 8.42 Å². The van der Waals surface area contributed by atoms with E-state index in [1.165, 1.54) is 0 Å². The minimum absolute atomic E-state index is 0.231. The number of nitrogens with one attached hydrogen (secondary N) is 2. The van der Waals surface area contributed by atoms with Gasteiger partial charge < -0.3 is 5.32 Å². The van der Waals surface area contributed by atoms with Crippen LogP contribution in [0.4, 0.5) is 5.82 Å². The van der Waals surface area contributed by atoms with E-state index >= 15 is 0 Å². The van der Waals surface area contributed by atoms with Crippen molar-refractivity contribution < 1.29 is 8.42 Å². The van der Waals surface area contributed by atoms with E-state index < -0.39 is 10.0 Å². The molecule has 0 atom stereocenters. The number of rotatable bonds is 7. The van der Waals surface area contributed by atoms with Crippen LogP contribution >= 0.6 is 22.6 Å². The summed E-state index contributed by atoms with van der Waals surface area (Å²) in [5.74, 6) is 1.19. The highest BCUT2D eigenvalue weighted by atomic mass is 127. The number of hydrogen-bond donors (Lipinski definition) is 2. The molecule has 2 N–H and O–H groups in total. The summed E-state index contributed by atoms with van der Waals surface area (Å²) in [6.45, 7) is 4.49. The first kappa shape index (κ1) is 19.7. The molecular weight excluding hydrogens is 479 g/mol. The van der Waals surface area contributed by atoms with Gasteiger partial charge in [-0.25, -0.2) is 17.8 Å². The van der Waals surface area contributed by atoms with Crippen molar-refractivity contribution in [2.75, 3.05) is 18.4 Å². The molecular formula is C17H19IN6O2S. The van der Waals surface area contributed by atoms with Gasteiger partial charge in [-0.2, -0.15) is 5.10 Å². The van der Waals surface area contributed by atoms with E-state index in [0.717, 1.165) is 15.0 Å². The second-order valence-corrected chi connectivity index (χ2v) is 8.91. The maximum atomic E-state index is 12.2. The molecule has 0 fully saturated rings. The third-order valence-corrected chi connectivity index (χ3v) is 5.92. The molecule has 0 unspecified atom stereocenters. The van der Waals surface area contributed by atoms with Gasteiger partial charge in [0.2, 0.25) is 10.0 Å². The zero-order chi connectivity index (χ0) is 19.4. The predicted molar refractivity (Wildman–Crippen MR) is 111 cm³/mol. The van der Waals surface area contributed by atoms with Crippen LogP contribution in [0.2, 0.25) is 0 Å². The molecule has 0 saturated heterocycles. The fourth-order valence-corrected chi connectivity index (χ4v) is 3.86. The van der Waals surface area contributed by atoms with E-state index in [1.54, 1.807) is 35.0 Å². The van der Waals surface area contributed by atoms with Crippen molar-refractivity contribution in [2.24, 2.45) is 0 Å². The Morgan fingerprint density at radius 2 is 1.78 bits per heavy atom. The Hall–Kier alpha value is -2.05. The normalized spacial score (nSPS) is 11.5. The number of aromatic nitrogens is 4. The Bertz CT molecular complexity index is 1020. The molecule has 2 aromatic heterocycles. The molecule has 142 valence electrons. The number of hydrogen-bond acceptors (Lipinski definition) is 6. The van der Waals surface area contributed by atoms with Gasteiger partial charge in [-0.1, -0.05) is 0 Å². The third-order valence-electron chi connectivity index (χ3n) is 3.72. The monoisotopic (exact) mass is 498 g/mol. The lowest BCUT2D eigenvalue weighted by molar-refractivity contribution is 0.583. The van der Waals surface area contributed by atoms with Crippen LogP contribution in [0, 0.1) is 17.4 Å². The number of aryl methyl sites for hydroxylation is 2. The highest BCUT2D eigenvalue weighted by Gasteiger charge is 2.12. The van der Waals surface area contributed by atoms with Gasteiger partial charge in [0.15, 0.2) is 5.82 Å². The van der Waals surface area contributed by atoms with E-state index in [-0.39, 0.29) is 11.4 Å². The summed E-state index contributed by atoms with van der Waals surface area (Å²) < 4.78 is 29.7. The molecule has 2 heterocycles. The quantitative estimate of drug-likeness (QED) is 0.383. The lowest BCUT2D eigenvalue weighted by Gasteiger charge is -2.09. The van der Waals surface area contributed by atoms with Crippen LogP contribution in [0.15, 0.2) is 47.4 Å². The first-order chi connectivity index (χ1) is 12.8. The maximum Gasteiger partial charge on any atom is 0.240 e. The smallest absolute Gasteiger partial charge is 0.240 e. The van der Waals surface area contributed by atoms with Gasteiger partial charge in [0.05, 0.1) is 10.6 Å². The second kappa shape index (κ2) is 8.31. The van der Waals surface area contributed by atoms with Gasteiger partial charge >= 0.3 is 0 Å². The van der Waals surface area contributed by atoms with Gasteiger partial charge in [0.25, 0.3) is 0 Å². The topological polar surface area (TPSA) is 102 Å². The van der Waals surface area contributed by atoms with Crippen molar-refractivity contribution >= 4 is 38.4 Å². The van der Waals surface area contributed by atoms with Gasteiger partial charge in [0, 0.05) is 22.4 Å². The maximum absolute atomic E-state index is 12.2. The molecule has 10 heteroatoms. The molecule has 0 radical (unpaired) electrons. The summed E-state index contributed by atoms with van der Waals surface area (Å²) in [7, 11) is -3.52. The molecule has 27 heavy (non-hydrogen) atoms. The second-order valence-electron chi connectivity index (χ2n) is 5.89. The van der Waals surface area contributed by atoms with Gasteiger partial charge in [-0.3, -0.25) is 0 Å². The number of nitrogens with zero attached hydrogens (tertiary/aromatic N) is 4. The van der Waals surface area contributed by atoms with E-state index in [1.807, 2.05) is 26.0 Å². The fourth-order valence-electron chi connectivity index (χ4n) is 2.47. The van der Waals surface area contributed by atoms with E-state index in [2.05, 4.69) is 47.9 Å². The van der Waals surface area contributed by atoms with Crippen LogP contribution < -0.4 is 10.0 Å². The highest BCUT2D eigenvalue weighted by Crippen LogP contribution is 2.12. The molecule has 3 aromatic rings. The number of anilines is 1. The van der Waals surface area contributed by atoms with Gasteiger partial charge in [-0.15, -0.1) is 10.2 Å². The minimum Gasteiger partial charge on any atom is -0.367 e. The van der Waals surface area contributed by atoms with Crippen molar-refractivity contribution in [1.82, 2.24) is 24.7 Å². The van der Waals surface area contributed by atoms with Crippen LogP contribution in [0.5, 0.6) is 0 Å². The van der Waals surface area contributed by atoms with Crippen LogP contribution in [-0.2, 0) is 10.0 Å². The Morgan fingerprint density at radius 3 is 2.37 bits per heavy atom. The molecule has 8 nitrogen and oxygen atoms in total. The molecule has 1 aromatic carbocycles. The van der Waals surface area contributed by atoms with Crippen molar-refractivity contribution in [3.8, 4) is 5.82 Å². The largest absolute Gasteiger partial charge is 0.367 e. The molecule has 0 aliphatic heterocycles. The molecule has 0 aliphatic carbocycles. The summed E-state index contributed by atoms with van der Waals surface area (Å²) in [5.41, 5.74) is 1.89. The Kier molecular flexibility index (Phi) is 6.07. The van der Waals surface area contributed by atoms with Gasteiger partial charge in [0.1, 0.15) is 5.82 Å². The van der Waals surface area contributed by atoms with Crippen LogP contribution in [0.1, 0.15) is 11.4 Å². The lowest BCUT2D eigenvalue weighted by atomic mass is 10.4. The Balaban J connectivity index is 1.53. The lowest BCUT2D eigenvalue weighted by Crippen LogP contribution is -2.29. The highest BCUT2D eigenvalue weighted by molar-refractivity contribution is 14.1. The van der Waals surface area contributed by atoms with Crippen molar-refractivity contribution in [2.45, 2.75) is 18.7 Å². The molecule has 0 saturated carbocycles. The summed E-state index contributed by atoms with van der Waals surface area (Å²) in [6.07, 6.45) is 0. The molecule has 0 spiro atoms. The van der Waals surface area contributed by atoms with Crippen molar-refractivity contribution in [3.63, 3.8) is 0 Å². The zero-order valence-electron chi connectivity index (χ0n) is 14.8. The average Bonchev–Trinajstić information content (AvgIpc) is 2.98. The molecule has 0 aliphatic rings. The van der Waals surface area contributed by atoms with Crippen LogP contribution in [-0.4, -0.2) is 41.5 Å². The number of benzene rings is 1. The summed E-state index contributed by atoms with van der Waals surface area (Å²) >= 11 is 2.13. The molecule has 3 rings (SSSR count). The van der Waals surface area contributed by atoms with E-state index in [4.69, 9.17) is 0 Å². The first-order valence-corrected chi connectivity index (χ1v) is 10.8. The Labute approximate surface area is 171 Å². The minimum atomic E-state index is -3.52. The summed E-state index contributed by atoms with van der Waals surface area (Å²) in [5, 5.41) is 15.7. The SMILES string of the molecule is Cc1cc(C)n(-c2ccc(NCCNS(=O)(=O)c3ccc(I)cc3)nn2)n1. The summed E-state index contributed by atoms with van der Waals surface area (Å²) in [6, 6.07) is 12.2. The number of sulfonamides is 1. The first-order valence-electron chi connectivity index (χ1n) is 8.22. The van der Waals surface area contributed by atoms with Crippen molar-refractivity contribution in [1.29, 1.82) is 0 Å². The van der Waals surface area contributed by atoms with Crippen molar-refractivity contribution in [3.05, 3.63) is 57.4 Å². The van der Waals surface area contributed by atoms with E-state index in [0.29, 0.717) is 18.2 Å². The van der Waals surface area contributed by atoms with Crippen LogP contribution in [0.3, 0.4) is 0 Å². The molecule has 0 bridgehead atoms. The average molecular weight is 498 g/mol. The zero-order valence-corrected chi connectivity index (χ0v) is 17.8. The summed E-state index contributed by atoms with van der Waals surface area (Å²) in [4.78, 5) is 0.247.